The predicted octanol–water partition coefficient (Wildman–Crippen LogP) is 15.1. The van der Waals surface area contributed by atoms with Crippen LogP contribution in [0, 0.1) is 6.92 Å². The molecule has 0 aliphatic carbocycles. The summed E-state index contributed by atoms with van der Waals surface area (Å²) in [6, 6.07) is 69.5. The minimum absolute atomic E-state index is 0.873. The maximum absolute atomic E-state index is 6.40. The summed E-state index contributed by atoms with van der Waals surface area (Å²) in [7, 11) is 0. The summed E-state index contributed by atoms with van der Waals surface area (Å²) < 4.78 is 10.1. The van der Waals surface area contributed by atoms with Gasteiger partial charge in [0.05, 0.1) is 5.52 Å². The molecule has 0 bridgehead atoms. The number of anilines is 6. The molecular weight excluding hydrogens is 703 g/mol. The van der Waals surface area contributed by atoms with E-state index >= 15 is 0 Å². The lowest BCUT2D eigenvalue weighted by atomic mass is 10.1. The van der Waals surface area contributed by atoms with E-state index in [2.05, 4.69) is 203 Å². The number of rotatable bonds is 7. The highest BCUT2D eigenvalue weighted by Gasteiger charge is 2.22. The molecule has 3 aromatic heterocycles. The van der Waals surface area contributed by atoms with E-state index in [1.807, 2.05) is 23.5 Å². The number of fused-ring (bicyclic) bond motifs is 8. The Morgan fingerprint density at radius 3 is 1.70 bits per heavy atom. The predicted molar refractivity (Wildman–Crippen MR) is 238 cm³/mol. The molecule has 5 heteroatoms. The van der Waals surface area contributed by atoms with Crippen LogP contribution in [0.5, 0.6) is 0 Å². The smallest absolute Gasteiger partial charge is 0.137 e. The molecule has 4 nitrogen and oxygen atoms in total. The van der Waals surface area contributed by atoms with E-state index in [0.717, 1.165) is 67.3 Å². The summed E-state index contributed by atoms with van der Waals surface area (Å²) in [5, 5.41) is 5.98. The SMILES string of the molecule is Cc1ccc(N(c2ccc3c(c2)oc2ccccc23)c2ccc3c4c5cc(N(c6ccccc6)c6ccccc6)ccc5sc4n(-c4ccccc4)c3c2)cc1. The monoisotopic (exact) mass is 737 g/mol. The lowest BCUT2D eigenvalue weighted by molar-refractivity contribution is 0.669. The number of para-hydroxylation sites is 4. The molecule has 8 aromatic carbocycles. The van der Waals surface area contributed by atoms with Gasteiger partial charge in [-0.2, -0.15) is 0 Å². The average molecular weight is 738 g/mol. The van der Waals surface area contributed by atoms with Crippen molar-refractivity contribution < 1.29 is 4.42 Å². The summed E-state index contributed by atoms with van der Waals surface area (Å²) in [6.07, 6.45) is 0. The fourth-order valence-electron chi connectivity index (χ4n) is 8.22. The molecule has 0 fully saturated rings. The number of thiophene rings is 1. The van der Waals surface area contributed by atoms with Gasteiger partial charge in [-0.05, 0) is 104 Å². The first-order valence-electron chi connectivity index (χ1n) is 18.9. The standard InChI is InChI=1S/C51H35N3OS/c1-34-21-23-38(24-22-34)53(41-25-28-43-42-19-11-12-20-47(42)55-48(43)33-41)40-26-29-44-46(32-40)54(37-17-9-4-10-18-37)51-50(44)45-31-39(27-30-49(45)56-51)52(35-13-5-2-6-14-35)36-15-7-3-8-16-36/h2-33H,1H3. The van der Waals surface area contributed by atoms with E-state index in [-0.39, 0.29) is 0 Å². The second-order valence-electron chi connectivity index (χ2n) is 14.3. The van der Waals surface area contributed by atoms with Crippen LogP contribution in [0.2, 0.25) is 0 Å². The Hall–Kier alpha value is -7.08. The molecule has 0 saturated heterocycles. The number of aromatic nitrogens is 1. The Kier molecular flexibility index (Phi) is 7.54. The Bertz CT molecular complexity index is 3160. The van der Waals surface area contributed by atoms with Gasteiger partial charge in [0.2, 0.25) is 0 Å². The van der Waals surface area contributed by atoms with Gasteiger partial charge in [-0.25, -0.2) is 0 Å². The molecule has 0 aliphatic rings. The van der Waals surface area contributed by atoms with E-state index in [1.165, 1.54) is 31.3 Å². The maximum Gasteiger partial charge on any atom is 0.137 e. The van der Waals surface area contributed by atoms with Gasteiger partial charge in [-0.15, -0.1) is 11.3 Å². The molecule has 266 valence electrons. The fourth-order valence-corrected chi connectivity index (χ4v) is 9.46. The van der Waals surface area contributed by atoms with Gasteiger partial charge in [-0.3, -0.25) is 0 Å². The van der Waals surface area contributed by atoms with Gasteiger partial charge in [0, 0.05) is 77.5 Å². The number of aryl methyl sites for hydroxylation is 1. The number of hydrogen-bond acceptors (Lipinski definition) is 4. The Labute approximate surface area is 328 Å². The first-order valence-corrected chi connectivity index (χ1v) is 19.7. The van der Waals surface area contributed by atoms with Crippen LogP contribution in [0.15, 0.2) is 199 Å². The number of nitrogens with zero attached hydrogens (tertiary/aromatic N) is 3. The molecule has 11 aromatic rings. The first kappa shape index (κ1) is 32.4. The summed E-state index contributed by atoms with van der Waals surface area (Å²) in [5.74, 6) is 0. The summed E-state index contributed by atoms with van der Waals surface area (Å²) in [4.78, 5) is 5.91. The number of hydrogen-bond donors (Lipinski definition) is 0. The molecule has 0 saturated carbocycles. The highest BCUT2D eigenvalue weighted by atomic mass is 32.1. The Morgan fingerprint density at radius 2 is 0.964 bits per heavy atom. The molecule has 3 heterocycles. The van der Waals surface area contributed by atoms with Crippen LogP contribution in [0.25, 0.3) is 58.8 Å². The van der Waals surface area contributed by atoms with E-state index in [1.54, 1.807) is 0 Å². The van der Waals surface area contributed by atoms with Crippen molar-refractivity contribution in [2.75, 3.05) is 9.80 Å². The second-order valence-corrected chi connectivity index (χ2v) is 15.3. The third-order valence-electron chi connectivity index (χ3n) is 10.8. The van der Waals surface area contributed by atoms with Crippen molar-refractivity contribution in [2.24, 2.45) is 0 Å². The van der Waals surface area contributed by atoms with Gasteiger partial charge in [0.15, 0.2) is 0 Å². The lowest BCUT2D eigenvalue weighted by Crippen LogP contribution is -2.10. The Morgan fingerprint density at radius 1 is 0.429 bits per heavy atom. The average Bonchev–Trinajstić information content (AvgIpc) is 3.91. The molecule has 56 heavy (non-hydrogen) atoms. The normalized spacial score (nSPS) is 11.7. The van der Waals surface area contributed by atoms with Crippen LogP contribution < -0.4 is 9.80 Å². The van der Waals surface area contributed by atoms with Crippen molar-refractivity contribution in [1.29, 1.82) is 0 Å². The van der Waals surface area contributed by atoms with Crippen molar-refractivity contribution in [3.63, 3.8) is 0 Å². The van der Waals surface area contributed by atoms with Crippen LogP contribution in [-0.4, -0.2) is 4.57 Å². The van der Waals surface area contributed by atoms with Crippen molar-refractivity contribution >= 4 is 98.6 Å². The molecule has 0 aliphatic heterocycles. The molecule has 0 spiro atoms. The molecular formula is C51H35N3OS. The fraction of sp³-hybridized carbons (Fsp3) is 0.0196. The van der Waals surface area contributed by atoms with Crippen molar-refractivity contribution in [2.45, 2.75) is 6.92 Å². The summed E-state index contributed by atoms with van der Waals surface area (Å²) >= 11 is 1.85. The molecule has 0 atom stereocenters. The minimum Gasteiger partial charge on any atom is -0.456 e. The highest BCUT2D eigenvalue weighted by Crippen LogP contribution is 2.47. The summed E-state index contributed by atoms with van der Waals surface area (Å²) in [5.41, 5.74) is 11.9. The van der Waals surface area contributed by atoms with Crippen LogP contribution in [-0.2, 0) is 0 Å². The van der Waals surface area contributed by atoms with Crippen LogP contribution in [0.3, 0.4) is 0 Å². The first-order chi connectivity index (χ1) is 27.7. The topological polar surface area (TPSA) is 24.6 Å². The van der Waals surface area contributed by atoms with Crippen LogP contribution in [0.4, 0.5) is 34.1 Å². The van der Waals surface area contributed by atoms with Crippen LogP contribution >= 0.6 is 11.3 Å². The van der Waals surface area contributed by atoms with Crippen molar-refractivity contribution in [3.8, 4) is 5.69 Å². The van der Waals surface area contributed by atoms with Gasteiger partial charge in [-0.1, -0.05) is 96.6 Å². The van der Waals surface area contributed by atoms with E-state index in [9.17, 15) is 0 Å². The lowest BCUT2D eigenvalue weighted by Gasteiger charge is -2.26. The van der Waals surface area contributed by atoms with Crippen molar-refractivity contribution in [3.05, 3.63) is 200 Å². The van der Waals surface area contributed by atoms with E-state index in [0.29, 0.717) is 0 Å². The molecule has 0 radical (unpaired) electrons. The van der Waals surface area contributed by atoms with Gasteiger partial charge < -0.3 is 18.8 Å². The zero-order valence-corrected chi connectivity index (χ0v) is 31.4. The third kappa shape index (κ3) is 5.28. The van der Waals surface area contributed by atoms with E-state index in [4.69, 9.17) is 4.42 Å². The largest absolute Gasteiger partial charge is 0.456 e. The Balaban J connectivity index is 1.14. The maximum atomic E-state index is 6.40. The molecule has 0 unspecified atom stereocenters. The van der Waals surface area contributed by atoms with Gasteiger partial charge in [0.25, 0.3) is 0 Å². The zero-order chi connectivity index (χ0) is 37.2. The third-order valence-corrected chi connectivity index (χ3v) is 12.0. The highest BCUT2D eigenvalue weighted by molar-refractivity contribution is 7.25. The van der Waals surface area contributed by atoms with E-state index < -0.39 is 0 Å². The van der Waals surface area contributed by atoms with Gasteiger partial charge in [0.1, 0.15) is 16.0 Å². The molecule has 11 rings (SSSR count). The second kappa shape index (κ2) is 13.0. The number of benzene rings is 8. The van der Waals surface area contributed by atoms with Gasteiger partial charge >= 0.3 is 0 Å². The van der Waals surface area contributed by atoms with Crippen molar-refractivity contribution in [1.82, 2.24) is 4.57 Å². The van der Waals surface area contributed by atoms with Crippen LogP contribution in [0.1, 0.15) is 5.56 Å². The summed E-state index contributed by atoms with van der Waals surface area (Å²) in [6.45, 7) is 2.13. The number of furan rings is 1. The minimum atomic E-state index is 0.873. The molecule has 0 N–H and O–H groups in total. The quantitative estimate of drug-likeness (QED) is 0.163. The zero-order valence-electron chi connectivity index (χ0n) is 30.6. The molecule has 0 amide bonds.